The first-order chi connectivity index (χ1) is 14.3. The Balaban J connectivity index is 1.70. The highest BCUT2D eigenvalue weighted by Crippen LogP contribution is 2.38. The monoisotopic (exact) mass is 385 g/mol. The van der Waals surface area contributed by atoms with Crippen molar-refractivity contribution in [2.45, 2.75) is 50.6 Å². The maximum atomic E-state index is 13.5. The van der Waals surface area contributed by atoms with Crippen LogP contribution in [0.1, 0.15) is 62.0 Å². The van der Waals surface area contributed by atoms with Crippen molar-refractivity contribution in [2.24, 2.45) is 0 Å². The van der Waals surface area contributed by atoms with Crippen LogP contribution in [0.2, 0.25) is 0 Å². The van der Waals surface area contributed by atoms with Gasteiger partial charge in [0.25, 0.3) is 5.56 Å². The number of pyridine rings is 1. The van der Waals surface area contributed by atoms with Gasteiger partial charge in [-0.3, -0.25) is 9.36 Å². The Kier molecular flexibility index (Phi) is 4.51. The molecule has 2 aromatic heterocycles. The van der Waals surface area contributed by atoms with Gasteiger partial charge in [-0.15, -0.1) is 0 Å². The Labute approximate surface area is 169 Å². The van der Waals surface area contributed by atoms with Crippen LogP contribution >= 0.6 is 0 Å². The molecule has 6 heteroatoms. The number of nitrogens with zero attached hydrogens (tertiary/aromatic N) is 5. The lowest BCUT2D eigenvalue weighted by Crippen LogP contribution is -2.34. The molecule has 1 atom stereocenters. The van der Waals surface area contributed by atoms with Crippen LogP contribution in [0.3, 0.4) is 0 Å². The van der Waals surface area contributed by atoms with Gasteiger partial charge < -0.3 is 4.90 Å². The molecule has 1 aliphatic carbocycles. The third-order valence-corrected chi connectivity index (χ3v) is 6.25. The zero-order valence-corrected chi connectivity index (χ0v) is 16.3. The normalized spacial score (nSPS) is 19.7. The van der Waals surface area contributed by atoms with Crippen molar-refractivity contribution in [3.8, 4) is 6.07 Å². The molecule has 0 radical (unpaired) electrons. The van der Waals surface area contributed by atoms with Gasteiger partial charge in [0.1, 0.15) is 17.7 Å². The molecule has 3 aromatic rings. The van der Waals surface area contributed by atoms with Gasteiger partial charge in [-0.25, -0.2) is 9.97 Å². The molecule has 1 unspecified atom stereocenters. The lowest BCUT2D eigenvalue weighted by Gasteiger charge is -2.29. The van der Waals surface area contributed by atoms with Crippen molar-refractivity contribution in [1.29, 1.82) is 5.26 Å². The SMILES string of the molecule is N#Cc1cccnc1N1CCCC1c1nc2ccccc2c(=O)n1C1CCCC1. The van der Waals surface area contributed by atoms with Crippen LogP contribution in [0.4, 0.5) is 5.82 Å². The third-order valence-electron chi connectivity index (χ3n) is 6.25. The van der Waals surface area contributed by atoms with Crippen LogP contribution in [-0.2, 0) is 0 Å². The molecule has 0 bridgehead atoms. The standard InChI is InChI=1S/C23H23N5O/c24-15-16-7-5-13-25-21(16)27-14-6-12-20(27)22-26-19-11-4-3-10-18(19)23(29)28(22)17-8-1-2-9-17/h3-5,7,10-11,13,17,20H,1-2,6,8-9,12,14H2. The lowest BCUT2D eigenvalue weighted by molar-refractivity contribution is 0.454. The molecular formula is C23H23N5O. The number of benzene rings is 1. The molecule has 0 amide bonds. The Morgan fingerprint density at radius 3 is 2.69 bits per heavy atom. The predicted octanol–water partition coefficient (Wildman–Crippen LogP) is 4.12. The quantitative estimate of drug-likeness (QED) is 0.678. The zero-order chi connectivity index (χ0) is 19.8. The van der Waals surface area contributed by atoms with E-state index >= 15 is 0 Å². The topological polar surface area (TPSA) is 74.8 Å². The molecule has 29 heavy (non-hydrogen) atoms. The van der Waals surface area contributed by atoms with E-state index in [1.165, 1.54) is 0 Å². The molecule has 1 aromatic carbocycles. The number of anilines is 1. The Bertz CT molecular complexity index is 1160. The highest BCUT2D eigenvalue weighted by Gasteiger charge is 2.34. The van der Waals surface area contributed by atoms with Crippen molar-refractivity contribution in [3.05, 3.63) is 64.3 Å². The van der Waals surface area contributed by atoms with E-state index in [-0.39, 0.29) is 17.6 Å². The number of para-hydroxylation sites is 1. The summed E-state index contributed by atoms with van der Waals surface area (Å²) in [6, 6.07) is 13.6. The summed E-state index contributed by atoms with van der Waals surface area (Å²) in [5.74, 6) is 1.52. The molecule has 1 aliphatic heterocycles. The fraction of sp³-hybridized carbons (Fsp3) is 0.391. The highest BCUT2D eigenvalue weighted by molar-refractivity contribution is 5.77. The Hall–Kier alpha value is -3.20. The van der Waals surface area contributed by atoms with Gasteiger partial charge in [0.2, 0.25) is 0 Å². The average molecular weight is 385 g/mol. The molecule has 1 saturated carbocycles. The fourth-order valence-corrected chi connectivity index (χ4v) is 4.92. The molecule has 6 nitrogen and oxygen atoms in total. The minimum absolute atomic E-state index is 0.0464. The summed E-state index contributed by atoms with van der Waals surface area (Å²) < 4.78 is 1.97. The number of hydrogen-bond acceptors (Lipinski definition) is 5. The molecule has 5 rings (SSSR count). The lowest BCUT2D eigenvalue weighted by atomic mass is 10.1. The second-order valence-corrected chi connectivity index (χ2v) is 7.94. The number of rotatable bonds is 3. The smallest absolute Gasteiger partial charge is 0.261 e. The number of hydrogen-bond donors (Lipinski definition) is 0. The van der Waals surface area contributed by atoms with Crippen molar-refractivity contribution in [2.75, 3.05) is 11.4 Å². The summed E-state index contributed by atoms with van der Waals surface area (Å²) in [6.07, 6.45) is 7.95. The van der Waals surface area contributed by atoms with E-state index in [1.807, 2.05) is 28.8 Å². The summed E-state index contributed by atoms with van der Waals surface area (Å²) in [7, 11) is 0. The van der Waals surface area contributed by atoms with Crippen LogP contribution in [0.25, 0.3) is 10.9 Å². The first kappa shape index (κ1) is 17.9. The molecule has 2 fully saturated rings. The molecule has 1 saturated heterocycles. The number of aromatic nitrogens is 3. The summed E-state index contributed by atoms with van der Waals surface area (Å²) in [5.41, 5.74) is 1.37. The number of fused-ring (bicyclic) bond motifs is 1. The van der Waals surface area contributed by atoms with E-state index in [0.717, 1.165) is 56.4 Å². The van der Waals surface area contributed by atoms with Gasteiger partial charge in [-0.1, -0.05) is 25.0 Å². The van der Waals surface area contributed by atoms with Crippen LogP contribution in [0.5, 0.6) is 0 Å². The second-order valence-electron chi connectivity index (χ2n) is 7.94. The van der Waals surface area contributed by atoms with Crippen molar-refractivity contribution >= 4 is 16.7 Å². The molecule has 2 aliphatic rings. The fourth-order valence-electron chi connectivity index (χ4n) is 4.92. The van der Waals surface area contributed by atoms with Gasteiger partial charge in [0.15, 0.2) is 0 Å². The molecule has 3 heterocycles. The van der Waals surface area contributed by atoms with Crippen LogP contribution < -0.4 is 10.5 Å². The summed E-state index contributed by atoms with van der Waals surface area (Å²) in [6.45, 7) is 0.809. The van der Waals surface area contributed by atoms with Crippen LogP contribution in [0, 0.1) is 11.3 Å². The average Bonchev–Trinajstić information content (AvgIpc) is 3.46. The Morgan fingerprint density at radius 2 is 1.86 bits per heavy atom. The van der Waals surface area contributed by atoms with Crippen molar-refractivity contribution < 1.29 is 0 Å². The largest absolute Gasteiger partial charge is 0.345 e. The van der Waals surface area contributed by atoms with Gasteiger partial charge in [0.05, 0.1) is 22.5 Å². The second kappa shape index (κ2) is 7.32. The van der Waals surface area contributed by atoms with Gasteiger partial charge in [-0.05, 0) is 49.9 Å². The highest BCUT2D eigenvalue weighted by atomic mass is 16.1. The molecular weight excluding hydrogens is 362 g/mol. The maximum absolute atomic E-state index is 13.5. The van der Waals surface area contributed by atoms with E-state index in [0.29, 0.717) is 16.8 Å². The maximum Gasteiger partial charge on any atom is 0.261 e. The predicted molar refractivity (Wildman–Crippen MR) is 112 cm³/mol. The zero-order valence-electron chi connectivity index (χ0n) is 16.3. The number of nitriles is 1. The van der Waals surface area contributed by atoms with E-state index in [1.54, 1.807) is 18.3 Å². The first-order valence-corrected chi connectivity index (χ1v) is 10.4. The van der Waals surface area contributed by atoms with Crippen molar-refractivity contribution in [3.63, 3.8) is 0 Å². The summed E-state index contributed by atoms with van der Waals surface area (Å²) >= 11 is 0. The van der Waals surface area contributed by atoms with E-state index in [4.69, 9.17) is 4.98 Å². The van der Waals surface area contributed by atoms with E-state index < -0.39 is 0 Å². The minimum atomic E-state index is -0.0464. The van der Waals surface area contributed by atoms with Crippen LogP contribution in [-0.4, -0.2) is 21.1 Å². The summed E-state index contributed by atoms with van der Waals surface area (Å²) in [4.78, 5) is 25.2. The minimum Gasteiger partial charge on any atom is -0.345 e. The molecule has 146 valence electrons. The van der Waals surface area contributed by atoms with Gasteiger partial charge in [-0.2, -0.15) is 5.26 Å². The summed E-state index contributed by atoms with van der Waals surface area (Å²) in [5, 5.41) is 10.2. The van der Waals surface area contributed by atoms with Gasteiger partial charge >= 0.3 is 0 Å². The van der Waals surface area contributed by atoms with E-state index in [9.17, 15) is 10.1 Å². The van der Waals surface area contributed by atoms with Crippen molar-refractivity contribution in [1.82, 2.24) is 14.5 Å². The molecule has 0 N–H and O–H groups in total. The molecule has 0 spiro atoms. The first-order valence-electron chi connectivity index (χ1n) is 10.4. The van der Waals surface area contributed by atoms with Gasteiger partial charge in [0, 0.05) is 18.8 Å². The van der Waals surface area contributed by atoms with E-state index in [2.05, 4.69) is 16.0 Å². The van der Waals surface area contributed by atoms with Crippen LogP contribution in [0.15, 0.2) is 47.4 Å². The third kappa shape index (κ3) is 2.98. The Morgan fingerprint density at radius 1 is 1.03 bits per heavy atom.